The van der Waals surface area contributed by atoms with Crippen LogP contribution in [0.2, 0.25) is 0 Å². The van der Waals surface area contributed by atoms with Crippen LogP contribution in [-0.4, -0.2) is 25.0 Å². The van der Waals surface area contributed by atoms with Crippen molar-refractivity contribution in [2.75, 3.05) is 0 Å². The van der Waals surface area contributed by atoms with Crippen molar-refractivity contribution in [3.63, 3.8) is 0 Å². The van der Waals surface area contributed by atoms with Crippen LogP contribution in [0.5, 0.6) is 0 Å². The zero-order valence-electron chi connectivity index (χ0n) is 11.0. The molecule has 5 nitrogen and oxygen atoms in total. The maximum absolute atomic E-state index is 12.4. The molecule has 0 heterocycles. The summed E-state index contributed by atoms with van der Waals surface area (Å²) in [4.78, 5) is 11.0. The number of carbonyl (C=O) groups is 1. The summed E-state index contributed by atoms with van der Waals surface area (Å²) < 4.78 is 27.9. The molecular weight excluding hydrogens is 346 g/mol. The van der Waals surface area contributed by atoms with E-state index in [1.54, 1.807) is 12.1 Å². The molecule has 0 bridgehead atoms. The van der Waals surface area contributed by atoms with E-state index in [9.17, 15) is 13.2 Å². The van der Waals surface area contributed by atoms with Gasteiger partial charge in [-0.1, -0.05) is 6.07 Å². The summed E-state index contributed by atoms with van der Waals surface area (Å²) in [6.45, 7) is 1.87. The average Bonchev–Trinajstić information content (AvgIpc) is 2.24. The predicted octanol–water partition coefficient (Wildman–Crippen LogP) is 2.43. The second-order valence-corrected chi connectivity index (χ2v) is 7.75. The molecule has 0 spiro atoms. The Balaban J connectivity index is 2.29. The Morgan fingerprint density at radius 2 is 2.10 bits per heavy atom. The summed E-state index contributed by atoms with van der Waals surface area (Å²) in [5.41, 5.74) is 0.106. The number of carboxylic acids is 1. The number of halogens is 1. The van der Waals surface area contributed by atoms with Crippen molar-refractivity contribution < 1.29 is 18.3 Å². The monoisotopic (exact) mass is 361 g/mol. The molecular formula is C13H16BrNO4S. The lowest BCUT2D eigenvalue weighted by molar-refractivity contribution is -0.139. The average molecular weight is 362 g/mol. The fraction of sp³-hybridized carbons (Fsp3) is 0.462. The molecule has 0 amide bonds. The standard InChI is InChI=1S/C13H16BrNO4S/c1-9-3-4-11(10(14)7-9)20(18,19)15-13(5-2-6-13)8-12(16)17/h3-4,7,15H,2,5-6,8H2,1H3,(H,16,17). The zero-order valence-corrected chi connectivity index (χ0v) is 13.4. The van der Waals surface area contributed by atoms with Crippen molar-refractivity contribution in [1.82, 2.24) is 4.72 Å². The molecule has 2 N–H and O–H groups in total. The summed E-state index contributed by atoms with van der Waals surface area (Å²) in [5, 5.41) is 8.93. The van der Waals surface area contributed by atoms with Gasteiger partial charge >= 0.3 is 5.97 Å². The van der Waals surface area contributed by atoms with Crippen molar-refractivity contribution in [2.45, 2.75) is 43.0 Å². The molecule has 1 aliphatic carbocycles. The molecule has 1 aromatic rings. The van der Waals surface area contributed by atoms with Crippen molar-refractivity contribution >= 4 is 31.9 Å². The number of hydrogen-bond donors (Lipinski definition) is 2. The molecule has 1 saturated carbocycles. The van der Waals surface area contributed by atoms with Gasteiger partial charge in [0.05, 0.1) is 11.3 Å². The van der Waals surface area contributed by atoms with Gasteiger partial charge in [-0.2, -0.15) is 0 Å². The molecule has 20 heavy (non-hydrogen) atoms. The van der Waals surface area contributed by atoms with E-state index in [4.69, 9.17) is 5.11 Å². The molecule has 2 rings (SSSR count). The van der Waals surface area contributed by atoms with E-state index in [-0.39, 0.29) is 11.3 Å². The molecule has 0 aliphatic heterocycles. The Kier molecular flexibility index (Phi) is 4.22. The molecule has 1 aliphatic rings. The molecule has 110 valence electrons. The first-order valence-corrected chi connectivity index (χ1v) is 8.54. The number of nitrogens with one attached hydrogen (secondary N) is 1. The minimum atomic E-state index is -3.73. The van der Waals surface area contributed by atoms with Gasteiger partial charge in [0.15, 0.2) is 0 Å². The summed E-state index contributed by atoms with van der Waals surface area (Å²) in [6.07, 6.45) is 1.77. The highest BCUT2D eigenvalue weighted by Crippen LogP contribution is 2.37. The highest BCUT2D eigenvalue weighted by Gasteiger charge is 2.42. The van der Waals surface area contributed by atoms with Gasteiger partial charge in [0, 0.05) is 10.0 Å². The third kappa shape index (κ3) is 3.21. The quantitative estimate of drug-likeness (QED) is 0.843. The first-order chi connectivity index (χ1) is 9.24. The Hall–Kier alpha value is -0.920. The third-order valence-electron chi connectivity index (χ3n) is 3.53. The van der Waals surface area contributed by atoms with Crippen LogP contribution in [0.15, 0.2) is 27.6 Å². The van der Waals surface area contributed by atoms with Crippen molar-refractivity contribution in [1.29, 1.82) is 0 Å². The van der Waals surface area contributed by atoms with Crippen LogP contribution in [0.1, 0.15) is 31.2 Å². The van der Waals surface area contributed by atoms with Crippen LogP contribution in [0.25, 0.3) is 0 Å². The first-order valence-electron chi connectivity index (χ1n) is 6.26. The topological polar surface area (TPSA) is 83.5 Å². The molecule has 1 aromatic carbocycles. The van der Waals surface area contributed by atoms with Crippen LogP contribution < -0.4 is 4.72 Å². The van der Waals surface area contributed by atoms with Gasteiger partial charge in [-0.15, -0.1) is 0 Å². The predicted molar refractivity (Wildman–Crippen MR) is 78.0 cm³/mol. The highest BCUT2D eigenvalue weighted by molar-refractivity contribution is 9.10. The van der Waals surface area contributed by atoms with E-state index in [2.05, 4.69) is 20.7 Å². The lowest BCUT2D eigenvalue weighted by Crippen LogP contribution is -2.54. The van der Waals surface area contributed by atoms with E-state index in [1.165, 1.54) is 6.07 Å². The number of hydrogen-bond acceptors (Lipinski definition) is 3. The van der Waals surface area contributed by atoms with Crippen LogP contribution in [-0.2, 0) is 14.8 Å². The van der Waals surface area contributed by atoms with Gasteiger partial charge in [0.25, 0.3) is 0 Å². The second-order valence-electron chi connectivity index (χ2n) is 5.24. The number of benzene rings is 1. The minimum absolute atomic E-state index is 0.139. The number of rotatable bonds is 5. The first kappa shape index (κ1) is 15.5. The molecule has 0 unspecified atom stereocenters. The Bertz CT molecular complexity index is 638. The van der Waals surface area contributed by atoms with E-state index in [0.29, 0.717) is 17.3 Å². The lowest BCUT2D eigenvalue weighted by Gasteiger charge is -2.41. The Labute approximate surface area is 126 Å². The van der Waals surface area contributed by atoms with Crippen molar-refractivity contribution in [3.8, 4) is 0 Å². The molecule has 0 atom stereocenters. The third-order valence-corrected chi connectivity index (χ3v) is 6.08. The van der Waals surface area contributed by atoms with Gasteiger partial charge in [-0.3, -0.25) is 4.79 Å². The summed E-state index contributed by atoms with van der Waals surface area (Å²) in [7, 11) is -3.73. The fourth-order valence-electron chi connectivity index (χ4n) is 2.37. The minimum Gasteiger partial charge on any atom is -0.481 e. The van der Waals surface area contributed by atoms with E-state index in [0.717, 1.165) is 12.0 Å². The van der Waals surface area contributed by atoms with E-state index in [1.807, 2.05) is 6.92 Å². The number of aliphatic carboxylic acids is 1. The van der Waals surface area contributed by atoms with Gasteiger partial charge in [-0.25, -0.2) is 13.1 Å². The van der Waals surface area contributed by atoms with Gasteiger partial charge in [0.1, 0.15) is 0 Å². The molecule has 0 saturated heterocycles. The summed E-state index contributed by atoms with van der Waals surface area (Å²) in [5.74, 6) is -0.990. The molecule has 7 heteroatoms. The van der Waals surface area contributed by atoms with Crippen LogP contribution in [0.4, 0.5) is 0 Å². The summed E-state index contributed by atoms with van der Waals surface area (Å²) >= 11 is 3.25. The maximum atomic E-state index is 12.4. The largest absolute Gasteiger partial charge is 0.481 e. The lowest BCUT2D eigenvalue weighted by atomic mass is 9.75. The van der Waals surface area contributed by atoms with Crippen molar-refractivity contribution in [2.24, 2.45) is 0 Å². The van der Waals surface area contributed by atoms with Gasteiger partial charge in [0.2, 0.25) is 10.0 Å². The Morgan fingerprint density at radius 1 is 1.45 bits per heavy atom. The molecule has 1 fully saturated rings. The second kappa shape index (κ2) is 5.46. The summed E-state index contributed by atoms with van der Waals surface area (Å²) in [6, 6.07) is 4.96. The van der Waals surface area contributed by atoms with Gasteiger partial charge in [-0.05, 0) is 59.8 Å². The van der Waals surface area contributed by atoms with Crippen LogP contribution >= 0.6 is 15.9 Å². The number of aryl methyl sites for hydroxylation is 1. The highest BCUT2D eigenvalue weighted by atomic mass is 79.9. The normalized spacial score (nSPS) is 17.5. The van der Waals surface area contributed by atoms with Gasteiger partial charge < -0.3 is 5.11 Å². The maximum Gasteiger partial charge on any atom is 0.305 e. The molecule has 0 radical (unpaired) electrons. The van der Waals surface area contributed by atoms with Crippen LogP contribution in [0.3, 0.4) is 0 Å². The number of carboxylic acid groups (broad SMARTS) is 1. The Morgan fingerprint density at radius 3 is 2.55 bits per heavy atom. The van der Waals surface area contributed by atoms with Crippen LogP contribution in [0, 0.1) is 6.92 Å². The van der Waals surface area contributed by atoms with E-state index >= 15 is 0 Å². The van der Waals surface area contributed by atoms with E-state index < -0.39 is 21.5 Å². The SMILES string of the molecule is Cc1ccc(S(=O)(=O)NC2(CC(=O)O)CCC2)c(Br)c1. The number of sulfonamides is 1. The fourth-order valence-corrected chi connectivity index (χ4v) is 5.02. The molecule has 0 aromatic heterocycles. The zero-order chi connectivity index (χ0) is 15.0. The van der Waals surface area contributed by atoms with Crippen molar-refractivity contribution in [3.05, 3.63) is 28.2 Å². The smallest absolute Gasteiger partial charge is 0.305 e.